The molecule has 2 aromatic rings. The van der Waals surface area contributed by atoms with Gasteiger partial charge in [-0.1, -0.05) is 30.3 Å². The molecule has 1 aromatic heterocycles. The minimum atomic E-state index is -4.49. The summed E-state index contributed by atoms with van der Waals surface area (Å²) in [6, 6.07) is 8.43. The van der Waals surface area contributed by atoms with Gasteiger partial charge in [0.25, 0.3) is 0 Å². The summed E-state index contributed by atoms with van der Waals surface area (Å²) >= 11 is 0. The maximum absolute atomic E-state index is 12.9. The van der Waals surface area contributed by atoms with Crippen LogP contribution in [-0.4, -0.2) is 51.9 Å². The number of hydrogen-bond donors (Lipinski definition) is 2. The van der Waals surface area contributed by atoms with Gasteiger partial charge < -0.3 is 15.5 Å². The van der Waals surface area contributed by atoms with Crippen molar-refractivity contribution in [3.63, 3.8) is 0 Å². The maximum atomic E-state index is 12.9. The molecule has 2 aliphatic rings. The minimum absolute atomic E-state index is 0.241. The molecule has 2 atom stereocenters. The van der Waals surface area contributed by atoms with Crippen LogP contribution < -0.4 is 10.6 Å². The summed E-state index contributed by atoms with van der Waals surface area (Å²) in [5, 5.41) is 9.40. The Balaban J connectivity index is 1.41. The van der Waals surface area contributed by atoms with Crippen LogP contribution in [0.25, 0.3) is 0 Å². The average molecular weight is 449 g/mol. The molecule has 1 aliphatic heterocycles. The molecule has 4 rings (SSSR count). The summed E-state index contributed by atoms with van der Waals surface area (Å²) < 4.78 is 39.2. The predicted octanol–water partition coefficient (Wildman–Crippen LogP) is 3.16. The van der Waals surface area contributed by atoms with E-state index in [1.807, 2.05) is 40.3 Å². The molecule has 172 valence electrons. The zero-order valence-corrected chi connectivity index (χ0v) is 17.6. The molecule has 1 fully saturated rings. The van der Waals surface area contributed by atoms with Crippen LogP contribution in [0.4, 0.5) is 18.0 Å². The molecular weight excluding hydrogens is 423 g/mol. The number of halogens is 3. The third-order valence-electron chi connectivity index (χ3n) is 6.02. The van der Waals surface area contributed by atoms with Crippen molar-refractivity contribution < 1.29 is 22.8 Å². The summed E-state index contributed by atoms with van der Waals surface area (Å²) in [6.07, 6.45) is 0.702. The van der Waals surface area contributed by atoms with E-state index in [-0.39, 0.29) is 6.04 Å². The molecule has 0 spiro atoms. The van der Waals surface area contributed by atoms with E-state index in [1.165, 1.54) is 4.90 Å². The first-order valence-electron chi connectivity index (χ1n) is 10.8. The largest absolute Gasteiger partial charge is 0.405 e. The third-order valence-corrected chi connectivity index (χ3v) is 6.02. The van der Waals surface area contributed by atoms with Crippen LogP contribution in [0.3, 0.4) is 0 Å². The zero-order chi connectivity index (χ0) is 22.7. The summed E-state index contributed by atoms with van der Waals surface area (Å²) in [6.45, 7) is -0.419. The van der Waals surface area contributed by atoms with Crippen molar-refractivity contribution >= 4 is 11.9 Å². The molecule has 1 aliphatic carbocycles. The number of rotatable bonds is 5. The van der Waals surface area contributed by atoms with Gasteiger partial charge in [-0.2, -0.15) is 18.3 Å². The van der Waals surface area contributed by atoms with Gasteiger partial charge in [0, 0.05) is 17.8 Å². The fourth-order valence-electron chi connectivity index (χ4n) is 4.48. The highest BCUT2D eigenvalue weighted by molar-refractivity contribution is 5.87. The molecule has 1 aromatic carbocycles. The Morgan fingerprint density at radius 2 is 1.91 bits per heavy atom. The van der Waals surface area contributed by atoms with E-state index in [0.717, 1.165) is 36.1 Å². The van der Waals surface area contributed by atoms with Crippen LogP contribution in [0.2, 0.25) is 0 Å². The van der Waals surface area contributed by atoms with E-state index < -0.39 is 30.7 Å². The smallest absolute Gasteiger partial charge is 0.345 e. The lowest BCUT2D eigenvalue weighted by atomic mass is 9.93. The number of hydrogen-bond acceptors (Lipinski definition) is 3. The van der Waals surface area contributed by atoms with Gasteiger partial charge in [0.2, 0.25) is 5.91 Å². The number of likely N-dealkylation sites (tertiary alicyclic amines) is 1. The number of carbonyl (C=O) groups is 2. The van der Waals surface area contributed by atoms with E-state index in [1.54, 1.807) is 6.20 Å². The van der Waals surface area contributed by atoms with Crippen LogP contribution in [0, 0.1) is 0 Å². The highest BCUT2D eigenvalue weighted by Crippen LogP contribution is 2.31. The first kappa shape index (κ1) is 22.2. The molecule has 0 bridgehead atoms. The van der Waals surface area contributed by atoms with Crippen LogP contribution in [0.1, 0.15) is 48.5 Å². The molecule has 2 N–H and O–H groups in total. The number of fused-ring (bicyclic) bond motifs is 1. The molecule has 0 radical (unpaired) electrons. The number of amides is 3. The first-order chi connectivity index (χ1) is 15.3. The lowest BCUT2D eigenvalue weighted by Crippen LogP contribution is -2.51. The normalized spacial score (nSPS) is 20.7. The van der Waals surface area contributed by atoms with Gasteiger partial charge in [-0.15, -0.1) is 0 Å². The Bertz CT molecular complexity index is 960. The maximum Gasteiger partial charge on any atom is 0.405 e. The first-order valence-corrected chi connectivity index (χ1v) is 10.8. The Labute approximate surface area is 184 Å². The molecule has 0 saturated carbocycles. The third kappa shape index (κ3) is 5.05. The van der Waals surface area contributed by atoms with Crippen LogP contribution in [0.5, 0.6) is 0 Å². The van der Waals surface area contributed by atoms with Gasteiger partial charge >= 0.3 is 12.2 Å². The van der Waals surface area contributed by atoms with Gasteiger partial charge in [0.05, 0.1) is 18.8 Å². The Hall–Kier alpha value is -3.04. The SMILES string of the molecule is O=C(NCC(F)(F)F)C1CCCN1C(=O)NC1CCCc2c1cnn2Cc1ccccc1. The fraction of sp³-hybridized carbons (Fsp3) is 0.500. The van der Waals surface area contributed by atoms with Crippen molar-refractivity contribution in [3.05, 3.63) is 53.3 Å². The number of nitrogens with one attached hydrogen (secondary N) is 2. The van der Waals surface area contributed by atoms with Crippen molar-refractivity contribution in [1.82, 2.24) is 25.3 Å². The topological polar surface area (TPSA) is 79.3 Å². The number of benzene rings is 1. The van der Waals surface area contributed by atoms with Crippen molar-refractivity contribution in [1.29, 1.82) is 0 Å². The number of carbonyl (C=O) groups excluding carboxylic acids is 2. The summed E-state index contributed by atoms with van der Waals surface area (Å²) in [5.74, 6) is -0.769. The molecule has 2 unspecified atom stereocenters. The van der Waals surface area contributed by atoms with Crippen molar-refractivity contribution in [2.75, 3.05) is 13.1 Å². The average Bonchev–Trinajstić information content (AvgIpc) is 3.41. The molecule has 7 nitrogen and oxygen atoms in total. The van der Waals surface area contributed by atoms with Gasteiger partial charge in [-0.3, -0.25) is 9.48 Å². The van der Waals surface area contributed by atoms with Gasteiger partial charge in [0.15, 0.2) is 0 Å². The lowest BCUT2D eigenvalue weighted by molar-refractivity contribution is -0.140. The molecule has 32 heavy (non-hydrogen) atoms. The van der Waals surface area contributed by atoms with E-state index in [4.69, 9.17) is 0 Å². The van der Waals surface area contributed by atoms with Gasteiger partial charge in [0.1, 0.15) is 12.6 Å². The molecule has 10 heteroatoms. The lowest BCUT2D eigenvalue weighted by Gasteiger charge is -2.29. The van der Waals surface area contributed by atoms with Gasteiger partial charge in [-0.05, 0) is 37.7 Å². The second kappa shape index (κ2) is 9.22. The van der Waals surface area contributed by atoms with Crippen LogP contribution in [0.15, 0.2) is 36.5 Å². The second-order valence-corrected chi connectivity index (χ2v) is 8.27. The number of nitrogens with zero attached hydrogens (tertiary/aromatic N) is 3. The summed E-state index contributed by atoms with van der Waals surface area (Å²) in [7, 11) is 0. The molecular formula is C22H26F3N5O2. The molecule has 3 amide bonds. The monoisotopic (exact) mass is 449 g/mol. The minimum Gasteiger partial charge on any atom is -0.345 e. The Morgan fingerprint density at radius 3 is 2.66 bits per heavy atom. The van der Waals surface area contributed by atoms with Gasteiger partial charge in [-0.25, -0.2) is 4.79 Å². The Morgan fingerprint density at radius 1 is 1.12 bits per heavy atom. The van der Waals surface area contributed by atoms with E-state index in [9.17, 15) is 22.8 Å². The van der Waals surface area contributed by atoms with Crippen molar-refractivity contribution in [2.24, 2.45) is 0 Å². The highest BCUT2D eigenvalue weighted by atomic mass is 19.4. The zero-order valence-electron chi connectivity index (χ0n) is 17.6. The summed E-state index contributed by atoms with van der Waals surface area (Å²) in [5.41, 5.74) is 3.17. The van der Waals surface area contributed by atoms with E-state index >= 15 is 0 Å². The van der Waals surface area contributed by atoms with Crippen molar-refractivity contribution in [3.8, 4) is 0 Å². The Kier molecular flexibility index (Phi) is 6.38. The molecule has 2 heterocycles. The van der Waals surface area contributed by atoms with E-state index in [2.05, 4.69) is 10.4 Å². The van der Waals surface area contributed by atoms with Crippen LogP contribution in [-0.2, 0) is 17.8 Å². The fourth-order valence-corrected chi connectivity index (χ4v) is 4.48. The quantitative estimate of drug-likeness (QED) is 0.736. The number of urea groups is 1. The standard InChI is InChI=1S/C22H26F3N5O2/c23-22(24,25)14-26-20(31)19-10-5-11-29(19)21(32)28-17-8-4-9-18-16(17)12-27-30(18)13-15-6-2-1-3-7-15/h1-3,6-7,12,17,19H,4-5,8-11,13-14H2,(H,26,31)(H,28,32). The highest BCUT2D eigenvalue weighted by Gasteiger charge is 2.37. The van der Waals surface area contributed by atoms with Crippen molar-refractivity contribution in [2.45, 2.75) is 56.9 Å². The molecule has 1 saturated heterocycles. The predicted molar refractivity (Wildman–Crippen MR) is 111 cm³/mol. The summed E-state index contributed by atoms with van der Waals surface area (Å²) in [4.78, 5) is 26.5. The number of alkyl halides is 3. The number of aromatic nitrogens is 2. The van der Waals surface area contributed by atoms with Crippen LogP contribution >= 0.6 is 0 Å². The second-order valence-electron chi connectivity index (χ2n) is 8.27. The van der Waals surface area contributed by atoms with E-state index in [0.29, 0.717) is 25.9 Å².